The van der Waals surface area contributed by atoms with E-state index in [9.17, 15) is 0 Å². The fraction of sp³-hybridized carbons (Fsp3) is 0.235. The Balaban J connectivity index is 2.25. The van der Waals surface area contributed by atoms with Gasteiger partial charge in [0.15, 0.2) is 0 Å². The minimum atomic E-state index is 0.157. The molecule has 0 atom stereocenters. The molecule has 0 radical (unpaired) electrons. The van der Waals surface area contributed by atoms with Crippen LogP contribution in [0.25, 0.3) is 0 Å². The Hall–Kier alpha value is -2.09. The van der Waals surface area contributed by atoms with Crippen molar-refractivity contribution in [3.63, 3.8) is 0 Å². The standard InChI is InChI=1S/C17H20N2/c1-17(2,3)14-11-9-13(10-12-14)16(18)19-15-7-5-4-6-8-15/h4-12H,1-3H3,(H2,18,19). The van der Waals surface area contributed by atoms with Crippen molar-refractivity contribution in [2.45, 2.75) is 26.2 Å². The second-order valence-corrected chi connectivity index (χ2v) is 5.66. The van der Waals surface area contributed by atoms with E-state index in [1.54, 1.807) is 0 Å². The van der Waals surface area contributed by atoms with Crippen molar-refractivity contribution in [3.05, 3.63) is 65.7 Å². The van der Waals surface area contributed by atoms with Crippen LogP contribution < -0.4 is 5.73 Å². The summed E-state index contributed by atoms with van der Waals surface area (Å²) in [5.41, 5.74) is 9.32. The number of rotatable bonds is 2. The van der Waals surface area contributed by atoms with Crippen LogP contribution in [-0.4, -0.2) is 5.84 Å². The molecule has 0 heterocycles. The number of hydrogen-bond acceptors (Lipinski definition) is 1. The maximum atomic E-state index is 6.04. The maximum Gasteiger partial charge on any atom is 0.131 e. The highest BCUT2D eigenvalue weighted by molar-refractivity contribution is 5.99. The van der Waals surface area contributed by atoms with E-state index < -0.39 is 0 Å². The number of nitrogens with zero attached hydrogens (tertiary/aromatic N) is 1. The summed E-state index contributed by atoms with van der Waals surface area (Å²) in [4.78, 5) is 4.42. The van der Waals surface area contributed by atoms with Gasteiger partial charge in [0, 0.05) is 5.56 Å². The van der Waals surface area contributed by atoms with Crippen LogP contribution in [0.15, 0.2) is 59.6 Å². The average Bonchev–Trinajstić information content (AvgIpc) is 2.39. The molecule has 2 aromatic carbocycles. The lowest BCUT2D eigenvalue weighted by atomic mass is 9.86. The first kappa shape index (κ1) is 13.3. The van der Waals surface area contributed by atoms with Gasteiger partial charge in [-0.1, -0.05) is 63.2 Å². The first-order chi connectivity index (χ1) is 8.97. The summed E-state index contributed by atoms with van der Waals surface area (Å²) in [6.07, 6.45) is 0. The summed E-state index contributed by atoms with van der Waals surface area (Å²) in [5.74, 6) is 0.548. The monoisotopic (exact) mass is 252 g/mol. The molecule has 0 amide bonds. The molecule has 98 valence electrons. The Morgan fingerprint density at radius 1 is 0.895 bits per heavy atom. The van der Waals surface area contributed by atoms with Crippen LogP contribution in [-0.2, 0) is 5.41 Å². The van der Waals surface area contributed by atoms with Crippen LogP contribution >= 0.6 is 0 Å². The summed E-state index contributed by atoms with van der Waals surface area (Å²) in [6, 6.07) is 18.0. The largest absolute Gasteiger partial charge is 0.383 e. The Bertz CT molecular complexity index is 560. The second-order valence-electron chi connectivity index (χ2n) is 5.66. The lowest BCUT2D eigenvalue weighted by Crippen LogP contribution is -2.15. The molecule has 0 aliphatic rings. The molecule has 2 N–H and O–H groups in total. The topological polar surface area (TPSA) is 38.4 Å². The predicted octanol–water partition coefficient (Wildman–Crippen LogP) is 4.02. The number of nitrogens with two attached hydrogens (primary N) is 1. The highest BCUT2D eigenvalue weighted by atomic mass is 14.9. The molecular weight excluding hydrogens is 232 g/mol. The summed E-state index contributed by atoms with van der Waals surface area (Å²) in [6.45, 7) is 6.59. The third kappa shape index (κ3) is 3.44. The second kappa shape index (κ2) is 5.27. The maximum absolute atomic E-state index is 6.04. The highest BCUT2D eigenvalue weighted by Gasteiger charge is 2.13. The fourth-order valence-corrected chi connectivity index (χ4v) is 1.85. The number of benzene rings is 2. The number of para-hydroxylation sites is 1. The van der Waals surface area contributed by atoms with Crippen molar-refractivity contribution in [1.82, 2.24) is 0 Å². The molecule has 0 aliphatic heterocycles. The van der Waals surface area contributed by atoms with Crippen LogP contribution in [0.1, 0.15) is 31.9 Å². The molecule has 0 saturated heterocycles. The zero-order chi connectivity index (χ0) is 13.9. The zero-order valence-corrected chi connectivity index (χ0v) is 11.7. The van der Waals surface area contributed by atoms with Gasteiger partial charge in [-0.25, -0.2) is 4.99 Å². The Morgan fingerprint density at radius 3 is 2.00 bits per heavy atom. The van der Waals surface area contributed by atoms with Crippen LogP contribution in [0.2, 0.25) is 0 Å². The van der Waals surface area contributed by atoms with E-state index in [0.29, 0.717) is 5.84 Å². The Kier molecular flexibility index (Phi) is 3.70. The summed E-state index contributed by atoms with van der Waals surface area (Å²) < 4.78 is 0. The van der Waals surface area contributed by atoms with Crippen LogP contribution in [0.3, 0.4) is 0 Å². The normalized spacial score (nSPS) is 12.5. The van der Waals surface area contributed by atoms with E-state index in [4.69, 9.17) is 5.73 Å². The van der Waals surface area contributed by atoms with Gasteiger partial charge in [-0.05, 0) is 23.1 Å². The molecule has 19 heavy (non-hydrogen) atoms. The molecule has 2 heteroatoms. The number of aliphatic imine (C=N–C) groups is 1. The third-order valence-corrected chi connectivity index (χ3v) is 3.05. The van der Waals surface area contributed by atoms with Crippen molar-refractivity contribution in [2.75, 3.05) is 0 Å². The lowest BCUT2D eigenvalue weighted by Gasteiger charge is -2.19. The van der Waals surface area contributed by atoms with Crippen molar-refractivity contribution in [3.8, 4) is 0 Å². The van der Waals surface area contributed by atoms with E-state index in [0.717, 1.165) is 11.3 Å². The van der Waals surface area contributed by atoms with Crippen LogP contribution in [0, 0.1) is 0 Å². The van der Waals surface area contributed by atoms with Gasteiger partial charge in [-0.3, -0.25) is 0 Å². The molecule has 0 saturated carbocycles. The summed E-state index contributed by atoms with van der Waals surface area (Å²) in [5, 5.41) is 0. The van der Waals surface area contributed by atoms with Gasteiger partial charge in [0.1, 0.15) is 5.84 Å². The molecule has 0 spiro atoms. The summed E-state index contributed by atoms with van der Waals surface area (Å²) >= 11 is 0. The van der Waals surface area contributed by atoms with E-state index in [-0.39, 0.29) is 5.41 Å². The molecule has 0 unspecified atom stereocenters. The van der Waals surface area contributed by atoms with Gasteiger partial charge in [-0.2, -0.15) is 0 Å². The Labute approximate surface area is 115 Å². The van der Waals surface area contributed by atoms with Crippen LogP contribution in [0.4, 0.5) is 5.69 Å². The Morgan fingerprint density at radius 2 is 1.47 bits per heavy atom. The van der Waals surface area contributed by atoms with Crippen molar-refractivity contribution in [2.24, 2.45) is 10.7 Å². The number of amidine groups is 1. The molecule has 2 aromatic rings. The van der Waals surface area contributed by atoms with E-state index in [2.05, 4.69) is 37.9 Å². The smallest absolute Gasteiger partial charge is 0.131 e. The summed E-state index contributed by atoms with van der Waals surface area (Å²) in [7, 11) is 0. The van der Waals surface area contributed by atoms with Crippen molar-refractivity contribution < 1.29 is 0 Å². The molecule has 0 aromatic heterocycles. The van der Waals surface area contributed by atoms with Gasteiger partial charge in [-0.15, -0.1) is 0 Å². The average molecular weight is 252 g/mol. The van der Waals surface area contributed by atoms with E-state index in [1.165, 1.54) is 5.56 Å². The molecule has 0 bridgehead atoms. The van der Waals surface area contributed by atoms with Crippen molar-refractivity contribution >= 4 is 11.5 Å². The molecule has 0 aliphatic carbocycles. The van der Waals surface area contributed by atoms with Crippen molar-refractivity contribution in [1.29, 1.82) is 0 Å². The van der Waals surface area contributed by atoms with E-state index in [1.807, 2.05) is 42.5 Å². The SMILES string of the molecule is CC(C)(C)c1ccc(C(N)=Nc2ccccc2)cc1. The van der Waals surface area contributed by atoms with E-state index >= 15 is 0 Å². The molecular formula is C17H20N2. The predicted molar refractivity (Wildman–Crippen MR) is 82.0 cm³/mol. The van der Waals surface area contributed by atoms with Gasteiger partial charge < -0.3 is 5.73 Å². The fourth-order valence-electron chi connectivity index (χ4n) is 1.85. The first-order valence-corrected chi connectivity index (χ1v) is 6.47. The van der Waals surface area contributed by atoms with Gasteiger partial charge in [0.05, 0.1) is 5.69 Å². The highest BCUT2D eigenvalue weighted by Crippen LogP contribution is 2.22. The third-order valence-electron chi connectivity index (χ3n) is 3.05. The number of hydrogen-bond donors (Lipinski definition) is 1. The van der Waals surface area contributed by atoms with Crippen LogP contribution in [0.5, 0.6) is 0 Å². The molecule has 2 nitrogen and oxygen atoms in total. The first-order valence-electron chi connectivity index (χ1n) is 6.47. The molecule has 0 fully saturated rings. The zero-order valence-electron chi connectivity index (χ0n) is 11.7. The minimum Gasteiger partial charge on any atom is -0.383 e. The lowest BCUT2D eigenvalue weighted by molar-refractivity contribution is 0.590. The van der Waals surface area contributed by atoms with Gasteiger partial charge >= 0.3 is 0 Å². The minimum absolute atomic E-state index is 0.157. The van der Waals surface area contributed by atoms with Gasteiger partial charge in [0.2, 0.25) is 0 Å². The quantitative estimate of drug-likeness (QED) is 0.636. The molecule has 2 rings (SSSR count). The van der Waals surface area contributed by atoms with Gasteiger partial charge in [0.25, 0.3) is 0 Å².